The summed E-state index contributed by atoms with van der Waals surface area (Å²) in [6.45, 7) is 1.24. The third-order valence-corrected chi connectivity index (χ3v) is 2.72. The first kappa shape index (κ1) is 9.05. The van der Waals surface area contributed by atoms with Crippen LogP contribution in [0.5, 0.6) is 0 Å². The predicted octanol–water partition coefficient (Wildman–Crippen LogP) is 2.57. The van der Waals surface area contributed by atoms with Gasteiger partial charge in [-0.2, -0.15) is 0 Å². The standard InChI is InChI=1S/C10H21N/c1-11-9-10-7-5-3-2-4-6-8-10/h10-11H,2-9H2,1H3. The Morgan fingerprint density at radius 2 is 1.55 bits per heavy atom. The first-order valence-corrected chi connectivity index (χ1v) is 5.08. The molecule has 0 aromatic rings. The Labute approximate surface area is 70.6 Å². The lowest BCUT2D eigenvalue weighted by Gasteiger charge is -2.18. The van der Waals surface area contributed by atoms with Crippen LogP contribution in [0.25, 0.3) is 0 Å². The van der Waals surface area contributed by atoms with Gasteiger partial charge in [0.2, 0.25) is 0 Å². The van der Waals surface area contributed by atoms with Crippen LogP contribution in [0, 0.1) is 5.92 Å². The molecular weight excluding hydrogens is 134 g/mol. The molecule has 1 aliphatic carbocycles. The minimum atomic E-state index is 0.972. The fraction of sp³-hybridized carbons (Fsp3) is 1.00. The van der Waals surface area contributed by atoms with E-state index in [1.54, 1.807) is 0 Å². The van der Waals surface area contributed by atoms with Crippen LogP contribution in [0.2, 0.25) is 0 Å². The highest BCUT2D eigenvalue weighted by molar-refractivity contribution is 4.64. The zero-order valence-electron chi connectivity index (χ0n) is 7.73. The second kappa shape index (κ2) is 5.59. The highest BCUT2D eigenvalue weighted by atomic mass is 14.8. The Kier molecular flexibility index (Phi) is 4.60. The first-order valence-electron chi connectivity index (χ1n) is 5.08. The maximum absolute atomic E-state index is 3.29. The van der Waals surface area contributed by atoms with Crippen molar-refractivity contribution in [2.75, 3.05) is 13.6 Å². The fourth-order valence-corrected chi connectivity index (χ4v) is 2.03. The van der Waals surface area contributed by atoms with E-state index < -0.39 is 0 Å². The topological polar surface area (TPSA) is 12.0 Å². The van der Waals surface area contributed by atoms with Crippen LogP contribution in [-0.4, -0.2) is 13.6 Å². The molecule has 66 valence electrons. The van der Waals surface area contributed by atoms with Crippen LogP contribution < -0.4 is 5.32 Å². The molecule has 1 nitrogen and oxygen atoms in total. The Morgan fingerprint density at radius 3 is 2.09 bits per heavy atom. The highest BCUT2D eigenvalue weighted by Crippen LogP contribution is 2.21. The van der Waals surface area contributed by atoms with Crippen molar-refractivity contribution in [1.82, 2.24) is 5.32 Å². The van der Waals surface area contributed by atoms with E-state index >= 15 is 0 Å². The lowest BCUT2D eigenvalue weighted by Crippen LogP contribution is -2.19. The van der Waals surface area contributed by atoms with Gasteiger partial charge in [0, 0.05) is 0 Å². The molecule has 1 rings (SSSR count). The van der Waals surface area contributed by atoms with Crippen molar-refractivity contribution in [3.05, 3.63) is 0 Å². The van der Waals surface area contributed by atoms with E-state index in [-0.39, 0.29) is 0 Å². The van der Waals surface area contributed by atoms with E-state index in [1.807, 2.05) is 0 Å². The molecule has 0 atom stereocenters. The molecule has 1 aliphatic rings. The van der Waals surface area contributed by atoms with Crippen LogP contribution in [-0.2, 0) is 0 Å². The summed E-state index contributed by atoms with van der Waals surface area (Å²) in [7, 11) is 2.07. The van der Waals surface area contributed by atoms with Gasteiger partial charge in [-0.15, -0.1) is 0 Å². The second-order valence-electron chi connectivity index (χ2n) is 3.77. The second-order valence-corrected chi connectivity index (χ2v) is 3.77. The Bertz CT molecular complexity index is 82.9. The molecule has 0 unspecified atom stereocenters. The zero-order chi connectivity index (χ0) is 7.94. The lowest BCUT2D eigenvalue weighted by atomic mass is 9.91. The van der Waals surface area contributed by atoms with Gasteiger partial charge in [0.05, 0.1) is 0 Å². The van der Waals surface area contributed by atoms with Crippen molar-refractivity contribution < 1.29 is 0 Å². The monoisotopic (exact) mass is 155 g/mol. The van der Waals surface area contributed by atoms with Gasteiger partial charge in [-0.25, -0.2) is 0 Å². The number of rotatable bonds is 2. The summed E-state index contributed by atoms with van der Waals surface area (Å²) in [5.74, 6) is 0.972. The lowest BCUT2D eigenvalue weighted by molar-refractivity contribution is 0.369. The number of hydrogen-bond donors (Lipinski definition) is 1. The van der Waals surface area contributed by atoms with Crippen molar-refractivity contribution in [2.24, 2.45) is 5.92 Å². The van der Waals surface area contributed by atoms with Gasteiger partial charge in [-0.05, 0) is 32.4 Å². The molecule has 0 amide bonds. The average Bonchev–Trinajstić information content (AvgIpc) is 1.94. The Balaban J connectivity index is 2.15. The van der Waals surface area contributed by atoms with Crippen molar-refractivity contribution in [2.45, 2.75) is 44.9 Å². The summed E-state index contributed by atoms with van der Waals surface area (Å²) in [5.41, 5.74) is 0. The molecule has 0 heterocycles. The molecule has 1 saturated carbocycles. The minimum absolute atomic E-state index is 0.972. The molecule has 1 fully saturated rings. The van der Waals surface area contributed by atoms with Gasteiger partial charge in [0.25, 0.3) is 0 Å². The summed E-state index contributed by atoms with van der Waals surface area (Å²) in [5, 5.41) is 3.29. The van der Waals surface area contributed by atoms with Crippen LogP contribution in [0.3, 0.4) is 0 Å². The Morgan fingerprint density at radius 1 is 1.00 bits per heavy atom. The molecular formula is C10H21N. The van der Waals surface area contributed by atoms with Gasteiger partial charge >= 0.3 is 0 Å². The maximum atomic E-state index is 3.29. The molecule has 0 aromatic heterocycles. The first-order chi connectivity index (χ1) is 5.43. The molecule has 0 bridgehead atoms. The molecule has 11 heavy (non-hydrogen) atoms. The van der Waals surface area contributed by atoms with Gasteiger partial charge in [0.1, 0.15) is 0 Å². The van der Waals surface area contributed by atoms with Gasteiger partial charge in [0.15, 0.2) is 0 Å². The van der Waals surface area contributed by atoms with E-state index in [0.717, 1.165) is 5.92 Å². The number of nitrogens with one attached hydrogen (secondary N) is 1. The van der Waals surface area contributed by atoms with Crippen molar-refractivity contribution in [3.63, 3.8) is 0 Å². The SMILES string of the molecule is CNCC1CCCCCCC1. The van der Waals surface area contributed by atoms with Crippen LogP contribution >= 0.6 is 0 Å². The van der Waals surface area contributed by atoms with E-state index in [2.05, 4.69) is 12.4 Å². The number of hydrogen-bond acceptors (Lipinski definition) is 1. The minimum Gasteiger partial charge on any atom is -0.319 e. The van der Waals surface area contributed by atoms with E-state index in [0.29, 0.717) is 0 Å². The average molecular weight is 155 g/mol. The smallest absolute Gasteiger partial charge is 0.00235 e. The molecule has 0 spiro atoms. The molecule has 0 radical (unpaired) electrons. The summed E-state index contributed by atoms with van der Waals surface area (Å²) in [4.78, 5) is 0. The summed E-state index contributed by atoms with van der Waals surface area (Å²) >= 11 is 0. The maximum Gasteiger partial charge on any atom is -0.00235 e. The molecule has 0 aliphatic heterocycles. The van der Waals surface area contributed by atoms with Crippen molar-refractivity contribution >= 4 is 0 Å². The summed E-state index contributed by atoms with van der Waals surface area (Å²) in [6, 6.07) is 0. The van der Waals surface area contributed by atoms with Gasteiger partial charge in [-0.3, -0.25) is 0 Å². The fourth-order valence-electron chi connectivity index (χ4n) is 2.03. The summed E-state index contributed by atoms with van der Waals surface area (Å²) in [6.07, 6.45) is 10.3. The molecule has 1 N–H and O–H groups in total. The molecule has 0 saturated heterocycles. The van der Waals surface area contributed by atoms with E-state index in [1.165, 1.54) is 51.5 Å². The van der Waals surface area contributed by atoms with Crippen LogP contribution in [0.4, 0.5) is 0 Å². The van der Waals surface area contributed by atoms with Crippen molar-refractivity contribution in [3.8, 4) is 0 Å². The van der Waals surface area contributed by atoms with E-state index in [4.69, 9.17) is 0 Å². The normalized spacial score (nSPS) is 22.6. The van der Waals surface area contributed by atoms with Crippen LogP contribution in [0.15, 0.2) is 0 Å². The quantitative estimate of drug-likeness (QED) is 0.646. The third-order valence-electron chi connectivity index (χ3n) is 2.72. The summed E-state index contributed by atoms with van der Waals surface area (Å²) < 4.78 is 0. The Hall–Kier alpha value is -0.0400. The van der Waals surface area contributed by atoms with E-state index in [9.17, 15) is 0 Å². The van der Waals surface area contributed by atoms with Gasteiger partial charge < -0.3 is 5.32 Å². The largest absolute Gasteiger partial charge is 0.319 e. The highest BCUT2D eigenvalue weighted by Gasteiger charge is 2.09. The van der Waals surface area contributed by atoms with Crippen LogP contribution in [0.1, 0.15) is 44.9 Å². The van der Waals surface area contributed by atoms with Gasteiger partial charge in [-0.1, -0.05) is 32.1 Å². The molecule has 1 heteroatoms. The zero-order valence-corrected chi connectivity index (χ0v) is 7.73. The predicted molar refractivity (Wildman–Crippen MR) is 49.7 cm³/mol. The van der Waals surface area contributed by atoms with Crippen molar-refractivity contribution in [1.29, 1.82) is 0 Å². The third kappa shape index (κ3) is 3.76. The molecule has 0 aromatic carbocycles.